The van der Waals surface area contributed by atoms with E-state index in [0.29, 0.717) is 12.6 Å². The van der Waals surface area contributed by atoms with Crippen molar-refractivity contribution in [2.24, 2.45) is 10.7 Å². The van der Waals surface area contributed by atoms with E-state index in [0.717, 1.165) is 13.1 Å². The number of hydrogen-bond acceptors (Lipinski definition) is 4. The van der Waals surface area contributed by atoms with Crippen molar-refractivity contribution in [2.75, 3.05) is 24.6 Å². The van der Waals surface area contributed by atoms with E-state index in [1.54, 1.807) is 0 Å². The molecule has 0 aliphatic carbocycles. The van der Waals surface area contributed by atoms with Gasteiger partial charge in [-0.1, -0.05) is 12.1 Å². The van der Waals surface area contributed by atoms with Crippen molar-refractivity contribution < 1.29 is 4.74 Å². The van der Waals surface area contributed by atoms with Crippen LogP contribution in [0.25, 0.3) is 0 Å². The average molecular weight is 233 g/mol. The summed E-state index contributed by atoms with van der Waals surface area (Å²) in [5.41, 5.74) is 8.01. The monoisotopic (exact) mass is 233 g/mol. The number of amidine groups is 1. The third-order valence-corrected chi connectivity index (χ3v) is 2.91. The van der Waals surface area contributed by atoms with E-state index in [9.17, 15) is 0 Å². The Labute approximate surface area is 102 Å². The van der Waals surface area contributed by atoms with E-state index in [1.165, 1.54) is 11.3 Å². The number of ether oxygens (including phenoxy) is 1. The number of nitrogens with two attached hydrogens (primary N) is 1. The van der Waals surface area contributed by atoms with Crippen LogP contribution in [0.5, 0.6) is 0 Å². The minimum Gasteiger partial charge on any atom is -0.463 e. The van der Waals surface area contributed by atoms with Crippen LogP contribution in [-0.2, 0) is 4.74 Å². The largest absolute Gasteiger partial charge is 0.463 e. The highest BCUT2D eigenvalue weighted by molar-refractivity contribution is 5.73. The third-order valence-electron chi connectivity index (χ3n) is 2.91. The Bertz CT molecular complexity index is 417. The number of aliphatic imine (C=N–C) groups is 1. The number of nitrogens with zero attached hydrogens (tertiary/aromatic N) is 2. The van der Waals surface area contributed by atoms with Crippen molar-refractivity contribution in [3.8, 4) is 0 Å². The molecule has 2 N–H and O–H groups in total. The predicted octanol–water partition coefficient (Wildman–Crippen LogP) is 1.53. The Hall–Kier alpha value is -1.71. The zero-order valence-electron chi connectivity index (χ0n) is 10.4. The van der Waals surface area contributed by atoms with Crippen molar-refractivity contribution in [1.29, 1.82) is 0 Å². The van der Waals surface area contributed by atoms with Crippen molar-refractivity contribution in [2.45, 2.75) is 19.9 Å². The molecule has 0 amide bonds. The van der Waals surface area contributed by atoms with Gasteiger partial charge in [-0.3, -0.25) is 0 Å². The van der Waals surface area contributed by atoms with E-state index in [-0.39, 0.29) is 6.04 Å². The van der Waals surface area contributed by atoms with Gasteiger partial charge in [-0.15, -0.1) is 0 Å². The van der Waals surface area contributed by atoms with Crippen molar-refractivity contribution in [3.05, 3.63) is 29.8 Å². The SMILES string of the molecule is CCN(CC1COC(N)=N1)c1cccc(C)c1. The molecule has 0 aromatic heterocycles. The van der Waals surface area contributed by atoms with Crippen LogP contribution in [0.2, 0.25) is 0 Å². The molecule has 1 atom stereocenters. The van der Waals surface area contributed by atoms with Crippen LogP contribution >= 0.6 is 0 Å². The number of likely N-dealkylation sites (N-methyl/N-ethyl adjacent to an activating group) is 1. The van der Waals surface area contributed by atoms with Gasteiger partial charge in [-0.25, -0.2) is 4.99 Å². The van der Waals surface area contributed by atoms with E-state index >= 15 is 0 Å². The lowest BCUT2D eigenvalue weighted by atomic mass is 10.2. The lowest BCUT2D eigenvalue weighted by Crippen LogP contribution is -2.32. The summed E-state index contributed by atoms with van der Waals surface area (Å²) in [6.45, 7) is 6.64. The Balaban J connectivity index is 2.06. The normalized spacial score (nSPS) is 18.7. The molecule has 1 aromatic carbocycles. The van der Waals surface area contributed by atoms with Gasteiger partial charge in [-0.2, -0.15) is 0 Å². The van der Waals surface area contributed by atoms with Crippen molar-refractivity contribution in [1.82, 2.24) is 0 Å². The number of rotatable bonds is 4. The molecule has 4 heteroatoms. The van der Waals surface area contributed by atoms with E-state index < -0.39 is 0 Å². The first-order valence-corrected chi connectivity index (χ1v) is 5.96. The van der Waals surface area contributed by atoms with Crippen LogP contribution in [0, 0.1) is 6.92 Å². The van der Waals surface area contributed by atoms with E-state index in [2.05, 4.69) is 48.0 Å². The highest BCUT2D eigenvalue weighted by Gasteiger charge is 2.19. The Kier molecular flexibility index (Phi) is 3.52. The summed E-state index contributed by atoms with van der Waals surface area (Å²) in [4.78, 5) is 6.55. The summed E-state index contributed by atoms with van der Waals surface area (Å²) in [6, 6.07) is 8.96. The maximum Gasteiger partial charge on any atom is 0.282 e. The van der Waals surface area contributed by atoms with Crippen LogP contribution in [0.4, 0.5) is 5.69 Å². The molecule has 1 heterocycles. The van der Waals surface area contributed by atoms with Crippen LogP contribution < -0.4 is 10.6 Å². The first kappa shape index (κ1) is 11.8. The van der Waals surface area contributed by atoms with Gasteiger partial charge in [0, 0.05) is 18.8 Å². The Morgan fingerprint density at radius 1 is 1.53 bits per heavy atom. The second-order valence-electron chi connectivity index (χ2n) is 4.31. The molecule has 1 aliphatic rings. The molecule has 0 saturated heterocycles. The van der Waals surface area contributed by atoms with Gasteiger partial charge in [0.05, 0.1) is 0 Å². The number of aryl methyl sites for hydroxylation is 1. The van der Waals surface area contributed by atoms with Gasteiger partial charge >= 0.3 is 0 Å². The first-order valence-electron chi connectivity index (χ1n) is 5.96. The second-order valence-corrected chi connectivity index (χ2v) is 4.31. The summed E-state index contributed by atoms with van der Waals surface area (Å²) < 4.78 is 5.17. The number of anilines is 1. The molecule has 4 nitrogen and oxygen atoms in total. The Morgan fingerprint density at radius 3 is 2.94 bits per heavy atom. The van der Waals surface area contributed by atoms with Crippen molar-refractivity contribution in [3.63, 3.8) is 0 Å². The summed E-state index contributed by atoms with van der Waals surface area (Å²) in [6.07, 6.45) is 0. The van der Waals surface area contributed by atoms with Crippen LogP contribution in [-0.4, -0.2) is 31.8 Å². The predicted molar refractivity (Wildman–Crippen MR) is 70.4 cm³/mol. The smallest absolute Gasteiger partial charge is 0.282 e. The standard InChI is InChI=1S/C13H19N3O/c1-3-16(8-11-9-17-13(14)15-11)12-6-4-5-10(2)7-12/h4-7,11H,3,8-9H2,1-2H3,(H2,14,15). The third kappa shape index (κ3) is 2.90. The highest BCUT2D eigenvalue weighted by atomic mass is 16.5. The van der Waals surface area contributed by atoms with E-state index in [4.69, 9.17) is 10.5 Å². The summed E-state index contributed by atoms with van der Waals surface area (Å²) in [5, 5.41) is 0. The fourth-order valence-corrected chi connectivity index (χ4v) is 2.03. The molecular formula is C13H19N3O. The van der Waals surface area contributed by atoms with Crippen LogP contribution in [0.15, 0.2) is 29.3 Å². The molecule has 1 aliphatic heterocycles. The Morgan fingerprint density at radius 2 is 2.35 bits per heavy atom. The van der Waals surface area contributed by atoms with Gasteiger partial charge in [0.25, 0.3) is 6.02 Å². The minimum absolute atomic E-state index is 0.149. The zero-order chi connectivity index (χ0) is 12.3. The molecule has 92 valence electrons. The molecule has 0 saturated carbocycles. The summed E-state index contributed by atoms with van der Waals surface area (Å²) in [7, 11) is 0. The van der Waals surface area contributed by atoms with Gasteiger partial charge in [0.2, 0.25) is 0 Å². The maximum atomic E-state index is 5.51. The molecule has 0 radical (unpaired) electrons. The van der Waals surface area contributed by atoms with Gasteiger partial charge < -0.3 is 15.4 Å². The molecule has 17 heavy (non-hydrogen) atoms. The second kappa shape index (κ2) is 5.08. The fourth-order valence-electron chi connectivity index (χ4n) is 2.03. The molecular weight excluding hydrogens is 214 g/mol. The molecule has 1 unspecified atom stereocenters. The van der Waals surface area contributed by atoms with Crippen LogP contribution in [0.1, 0.15) is 12.5 Å². The fraction of sp³-hybridized carbons (Fsp3) is 0.462. The van der Waals surface area contributed by atoms with Crippen LogP contribution in [0.3, 0.4) is 0 Å². The highest BCUT2D eigenvalue weighted by Crippen LogP contribution is 2.17. The molecule has 1 aromatic rings. The van der Waals surface area contributed by atoms with E-state index in [1.807, 2.05) is 0 Å². The molecule has 0 spiro atoms. The summed E-state index contributed by atoms with van der Waals surface area (Å²) >= 11 is 0. The van der Waals surface area contributed by atoms with Gasteiger partial charge in [0.1, 0.15) is 12.6 Å². The zero-order valence-corrected chi connectivity index (χ0v) is 10.4. The molecule has 0 bridgehead atoms. The quantitative estimate of drug-likeness (QED) is 0.858. The maximum absolute atomic E-state index is 5.51. The number of hydrogen-bond donors (Lipinski definition) is 1. The molecule has 2 rings (SSSR count). The molecule has 0 fully saturated rings. The summed E-state index contributed by atoms with van der Waals surface area (Å²) in [5.74, 6) is 0. The lowest BCUT2D eigenvalue weighted by molar-refractivity contribution is 0.313. The minimum atomic E-state index is 0.149. The first-order chi connectivity index (χ1) is 8.19. The average Bonchev–Trinajstić information content (AvgIpc) is 2.72. The van der Waals surface area contributed by atoms with Crippen molar-refractivity contribution >= 4 is 11.7 Å². The van der Waals surface area contributed by atoms with Gasteiger partial charge in [0.15, 0.2) is 0 Å². The number of benzene rings is 1. The lowest BCUT2D eigenvalue weighted by Gasteiger charge is -2.25. The van der Waals surface area contributed by atoms with Gasteiger partial charge in [-0.05, 0) is 31.5 Å². The topological polar surface area (TPSA) is 50.9 Å².